The van der Waals surface area contributed by atoms with E-state index in [1.807, 2.05) is 0 Å². The molecular weight excluding hydrogens is 172 g/mol. The molecule has 0 saturated carbocycles. The van der Waals surface area contributed by atoms with Crippen molar-refractivity contribution in [2.24, 2.45) is 0 Å². The summed E-state index contributed by atoms with van der Waals surface area (Å²) in [5, 5.41) is 3.41. The van der Waals surface area contributed by atoms with Gasteiger partial charge in [-0.15, -0.1) is 0 Å². The number of rotatable bonds is 5. The first-order valence-corrected chi connectivity index (χ1v) is 4.45. The minimum atomic E-state index is 0. The number of hydrogen-bond donors (Lipinski definition) is 1. The summed E-state index contributed by atoms with van der Waals surface area (Å²) >= 11 is 0. The van der Waals surface area contributed by atoms with E-state index in [0.717, 1.165) is 11.0 Å². The van der Waals surface area contributed by atoms with Crippen LogP contribution in [0.4, 0.5) is 0 Å². The van der Waals surface area contributed by atoms with E-state index < -0.39 is 0 Å². The Kier molecular flexibility index (Phi) is 8.21. The lowest BCUT2D eigenvalue weighted by molar-refractivity contribution is -0.870. The third kappa shape index (κ3) is 12.8. The molecule has 12 heavy (non-hydrogen) atoms. The van der Waals surface area contributed by atoms with Crippen molar-refractivity contribution in [3.8, 4) is 0 Å². The molecule has 76 valence electrons. The Morgan fingerprint density at radius 2 is 1.67 bits per heavy atom. The summed E-state index contributed by atoms with van der Waals surface area (Å²) < 4.78 is 1.07. The van der Waals surface area contributed by atoms with Gasteiger partial charge in [-0.3, -0.25) is 0 Å². The van der Waals surface area contributed by atoms with Gasteiger partial charge in [0, 0.05) is 19.0 Å². The first-order valence-electron chi connectivity index (χ1n) is 4.45. The summed E-state index contributed by atoms with van der Waals surface area (Å²) in [4.78, 5) is 0. The number of nitrogens with one attached hydrogen (secondary N) is 1. The van der Waals surface area contributed by atoms with Gasteiger partial charge in [0.15, 0.2) is 0 Å². The van der Waals surface area contributed by atoms with E-state index in [4.69, 9.17) is 0 Å². The molecule has 0 spiro atoms. The number of hydrogen-bond acceptors (Lipinski definition) is 1. The van der Waals surface area contributed by atoms with Crippen LogP contribution >= 0.6 is 0 Å². The van der Waals surface area contributed by atoms with Gasteiger partial charge in [-0.1, -0.05) is 13.8 Å². The Morgan fingerprint density at radius 3 is 2.00 bits per heavy atom. The molecule has 0 saturated heterocycles. The van der Waals surface area contributed by atoms with Crippen molar-refractivity contribution in [2.45, 2.75) is 26.3 Å². The maximum atomic E-state index is 3.41. The van der Waals surface area contributed by atoms with Crippen molar-refractivity contribution in [1.29, 1.82) is 0 Å². The molecule has 0 heterocycles. The summed E-state index contributed by atoms with van der Waals surface area (Å²) in [5.41, 5.74) is 0. The van der Waals surface area contributed by atoms with E-state index in [0.29, 0.717) is 6.04 Å². The van der Waals surface area contributed by atoms with Crippen LogP contribution in [0.5, 0.6) is 0 Å². The molecule has 0 aromatic rings. The predicted octanol–water partition coefficient (Wildman–Crippen LogP) is -1.92. The molecule has 0 fully saturated rings. The van der Waals surface area contributed by atoms with Crippen LogP contribution in [0.25, 0.3) is 0 Å². The van der Waals surface area contributed by atoms with E-state index in [-0.39, 0.29) is 12.4 Å². The van der Waals surface area contributed by atoms with E-state index in [9.17, 15) is 0 Å². The molecule has 3 heteroatoms. The van der Waals surface area contributed by atoms with Crippen molar-refractivity contribution >= 4 is 0 Å². The molecule has 0 rings (SSSR count). The van der Waals surface area contributed by atoms with E-state index in [1.54, 1.807) is 0 Å². The molecule has 0 aliphatic rings. The van der Waals surface area contributed by atoms with Crippen molar-refractivity contribution < 1.29 is 16.9 Å². The highest BCUT2D eigenvalue weighted by molar-refractivity contribution is 4.51. The van der Waals surface area contributed by atoms with Crippen LogP contribution < -0.4 is 17.7 Å². The maximum Gasteiger partial charge on any atom is 0.0792 e. The van der Waals surface area contributed by atoms with Gasteiger partial charge in [0.05, 0.1) is 27.7 Å². The van der Waals surface area contributed by atoms with Crippen molar-refractivity contribution in [1.82, 2.24) is 5.32 Å². The average Bonchev–Trinajstić information content (AvgIpc) is 1.78. The highest BCUT2D eigenvalue weighted by Crippen LogP contribution is 1.92. The van der Waals surface area contributed by atoms with Gasteiger partial charge in [0.25, 0.3) is 0 Å². The Morgan fingerprint density at radius 1 is 1.17 bits per heavy atom. The van der Waals surface area contributed by atoms with E-state index >= 15 is 0 Å². The monoisotopic (exact) mass is 194 g/mol. The predicted molar refractivity (Wildman–Crippen MR) is 50.7 cm³/mol. The molecule has 0 atom stereocenters. The van der Waals surface area contributed by atoms with Crippen LogP contribution in [-0.4, -0.2) is 44.8 Å². The SMILES string of the molecule is CC(C)NCCC[N+](C)(C)C.[Cl-]. The third-order valence-corrected chi connectivity index (χ3v) is 1.56. The minimum Gasteiger partial charge on any atom is -1.00 e. The zero-order valence-corrected chi connectivity index (χ0v) is 9.78. The number of quaternary nitrogens is 1. The first-order chi connectivity index (χ1) is 4.92. The fraction of sp³-hybridized carbons (Fsp3) is 1.00. The summed E-state index contributed by atoms with van der Waals surface area (Å²) in [6, 6.07) is 0.627. The molecular formula is C9H23ClN2. The third-order valence-electron chi connectivity index (χ3n) is 1.56. The minimum absolute atomic E-state index is 0. The molecule has 0 unspecified atom stereocenters. The molecule has 0 aliphatic heterocycles. The van der Waals surface area contributed by atoms with Gasteiger partial charge in [0.1, 0.15) is 0 Å². The maximum absolute atomic E-state index is 3.41. The smallest absolute Gasteiger partial charge is 0.0792 e. The lowest BCUT2D eigenvalue weighted by Gasteiger charge is -2.23. The molecule has 0 aromatic carbocycles. The second-order valence-corrected chi connectivity index (χ2v) is 4.48. The van der Waals surface area contributed by atoms with E-state index in [1.165, 1.54) is 13.0 Å². The average molecular weight is 195 g/mol. The van der Waals surface area contributed by atoms with Gasteiger partial charge >= 0.3 is 0 Å². The first kappa shape index (κ1) is 14.7. The molecule has 0 amide bonds. The van der Waals surface area contributed by atoms with Crippen LogP contribution in [0.2, 0.25) is 0 Å². The van der Waals surface area contributed by atoms with Crippen LogP contribution in [0.15, 0.2) is 0 Å². The fourth-order valence-electron chi connectivity index (χ4n) is 0.944. The number of nitrogens with zero attached hydrogens (tertiary/aromatic N) is 1. The standard InChI is InChI=1S/C9H23N2.ClH/c1-9(2)10-7-6-8-11(3,4)5;/h9-10H,6-8H2,1-5H3;1H/q+1;/p-1. The Hall–Kier alpha value is 0.210. The zero-order chi connectivity index (χ0) is 8.91. The molecule has 0 bridgehead atoms. The van der Waals surface area contributed by atoms with Gasteiger partial charge in [-0.05, 0) is 0 Å². The van der Waals surface area contributed by atoms with Crippen molar-refractivity contribution in [2.75, 3.05) is 34.2 Å². The Labute approximate surface area is 83.3 Å². The molecule has 0 aromatic heterocycles. The quantitative estimate of drug-likeness (QED) is 0.398. The molecule has 2 nitrogen and oxygen atoms in total. The molecule has 0 aliphatic carbocycles. The lowest BCUT2D eigenvalue weighted by Crippen LogP contribution is -3.00. The summed E-state index contributed by atoms with van der Waals surface area (Å²) in [6.07, 6.45) is 1.27. The van der Waals surface area contributed by atoms with Crippen LogP contribution in [-0.2, 0) is 0 Å². The summed E-state index contributed by atoms with van der Waals surface area (Å²) in [5.74, 6) is 0. The molecule has 1 N–H and O–H groups in total. The van der Waals surface area contributed by atoms with Gasteiger partial charge in [-0.25, -0.2) is 0 Å². The van der Waals surface area contributed by atoms with Crippen molar-refractivity contribution in [3.63, 3.8) is 0 Å². The Balaban J connectivity index is 0. The Bertz CT molecular complexity index is 97.2. The second kappa shape index (κ2) is 6.70. The highest BCUT2D eigenvalue weighted by atomic mass is 35.5. The van der Waals surface area contributed by atoms with Gasteiger partial charge in [-0.2, -0.15) is 0 Å². The van der Waals surface area contributed by atoms with Gasteiger partial charge < -0.3 is 22.2 Å². The zero-order valence-electron chi connectivity index (χ0n) is 9.02. The highest BCUT2D eigenvalue weighted by Gasteiger charge is 2.04. The van der Waals surface area contributed by atoms with Crippen molar-refractivity contribution in [3.05, 3.63) is 0 Å². The fourth-order valence-corrected chi connectivity index (χ4v) is 0.944. The van der Waals surface area contributed by atoms with Crippen LogP contribution in [0, 0.1) is 0 Å². The number of halogens is 1. The second-order valence-electron chi connectivity index (χ2n) is 4.48. The van der Waals surface area contributed by atoms with Gasteiger partial charge in [0.2, 0.25) is 0 Å². The van der Waals surface area contributed by atoms with Crippen LogP contribution in [0.3, 0.4) is 0 Å². The summed E-state index contributed by atoms with van der Waals surface area (Å²) in [7, 11) is 6.69. The normalized spacial score (nSPS) is 11.5. The molecule has 0 radical (unpaired) electrons. The van der Waals surface area contributed by atoms with Crippen LogP contribution in [0.1, 0.15) is 20.3 Å². The lowest BCUT2D eigenvalue weighted by atomic mass is 10.3. The largest absolute Gasteiger partial charge is 1.00 e. The topological polar surface area (TPSA) is 12.0 Å². The summed E-state index contributed by atoms with van der Waals surface area (Å²) in [6.45, 7) is 6.77. The van der Waals surface area contributed by atoms with E-state index in [2.05, 4.69) is 40.3 Å².